The first-order valence-electron chi connectivity index (χ1n) is 6.54. The quantitative estimate of drug-likeness (QED) is 0.757. The second kappa shape index (κ2) is 8.05. The van der Waals surface area contributed by atoms with Crippen LogP contribution in [0.4, 0.5) is 0 Å². The molecule has 120 valence electrons. The molecule has 0 saturated heterocycles. The molecule has 2 N–H and O–H groups in total. The number of hydrogen-bond acceptors (Lipinski definition) is 5. The average molecular weight is 362 g/mol. The lowest BCUT2D eigenvalue weighted by Crippen LogP contribution is -2.30. The summed E-state index contributed by atoms with van der Waals surface area (Å²) in [4.78, 5) is 0.916. The third-order valence-corrected chi connectivity index (χ3v) is 5.74. The highest BCUT2D eigenvalue weighted by molar-refractivity contribution is 7.89. The van der Waals surface area contributed by atoms with Gasteiger partial charge in [-0.05, 0) is 23.6 Å². The molecule has 1 aromatic carbocycles. The molecule has 8 heteroatoms. The lowest BCUT2D eigenvalue weighted by atomic mass is 10.3. The van der Waals surface area contributed by atoms with Crippen molar-refractivity contribution in [3.8, 4) is 0 Å². The summed E-state index contributed by atoms with van der Waals surface area (Å²) in [6, 6.07) is 9.96. The number of benzene rings is 1. The standard InChI is InChI=1S/C14H16ClNO4S2/c15-11-4-1-2-6-14(11)22(18,19)16-10-12(20-8-7-17)13-5-3-9-21-13/h1-6,9,12,16-17H,7-8,10H2. The fraction of sp³-hybridized carbons (Fsp3) is 0.286. The van der Waals surface area contributed by atoms with Crippen molar-refractivity contribution in [2.75, 3.05) is 19.8 Å². The fourth-order valence-electron chi connectivity index (χ4n) is 1.84. The highest BCUT2D eigenvalue weighted by Crippen LogP contribution is 2.24. The van der Waals surface area contributed by atoms with Crippen LogP contribution in [0.2, 0.25) is 5.02 Å². The van der Waals surface area contributed by atoms with Gasteiger partial charge in [-0.25, -0.2) is 13.1 Å². The molecule has 0 spiro atoms. The van der Waals surface area contributed by atoms with E-state index in [2.05, 4.69) is 4.72 Å². The summed E-state index contributed by atoms with van der Waals surface area (Å²) in [5, 5.41) is 10.9. The summed E-state index contributed by atoms with van der Waals surface area (Å²) in [6.45, 7) is 0.0730. The Kier molecular flexibility index (Phi) is 6.37. The van der Waals surface area contributed by atoms with Crippen molar-refractivity contribution in [3.05, 3.63) is 51.7 Å². The van der Waals surface area contributed by atoms with Crippen LogP contribution in [0.5, 0.6) is 0 Å². The van der Waals surface area contributed by atoms with E-state index in [9.17, 15) is 8.42 Å². The van der Waals surface area contributed by atoms with Crippen LogP contribution in [0.25, 0.3) is 0 Å². The Morgan fingerprint density at radius 2 is 2.05 bits per heavy atom. The Morgan fingerprint density at radius 3 is 2.68 bits per heavy atom. The van der Waals surface area contributed by atoms with Gasteiger partial charge in [0.2, 0.25) is 10.0 Å². The van der Waals surface area contributed by atoms with E-state index in [1.54, 1.807) is 12.1 Å². The first-order chi connectivity index (χ1) is 10.5. The Labute approximate surface area is 138 Å². The number of thiophene rings is 1. The molecule has 0 aliphatic rings. The molecule has 0 radical (unpaired) electrons. The summed E-state index contributed by atoms with van der Waals surface area (Å²) >= 11 is 7.39. The van der Waals surface area contributed by atoms with Crippen LogP contribution in [0.15, 0.2) is 46.7 Å². The van der Waals surface area contributed by atoms with E-state index in [4.69, 9.17) is 21.4 Å². The molecular formula is C14H16ClNO4S2. The van der Waals surface area contributed by atoms with Gasteiger partial charge in [0, 0.05) is 11.4 Å². The zero-order valence-electron chi connectivity index (χ0n) is 11.6. The van der Waals surface area contributed by atoms with Gasteiger partial charge in [-0.15, -0.1) is 11.3 Å². The maximum absolute atomic E-state index is 12.3. The van der Waals surface area contributed by atoms with Crippen molar-refractivity contribution in [1.29, 1.82) is 0 Å². The van der Waals surface area contributed by atoms with Crippen LogP contribution >= 0.6 is 22.9 Å². The normalized spacial score (nSPS) is 13.2. The number of halogens is 1. The summed E-state index contributed by atoms with van der Waals surface area (Å²) in [7, 11) is -3.72. The molecule has 5 nitrogen and oxygen atoms in total. The molecule has 0 amide bonds. The molecular weight excluding hydrogens is 346 g/mol. The Balaban J connectivity index is 2.10. The largest absolute Gasteiger partial charge is 0.394 e. The number of aliphatic hydroxyl groups excluding tert-OH is 1. The van der Waals surface area contributed by atoms with Gasteiger partial charge in [0.25, 0.3) is 0 Å². The monoisotopic (exact) mass is 361 g/mol. The van der Waals surface area contributed by atoms with Gasteiger partial charge in [0.15, 0.2) is 0 Å². The van der Waals surface area contributed by atoms with Crippen LogP contribution in [0.1, 0.15) is 11.0 Å². The van der Waals surface area contributed by atoms with Crippen LogP contribution in [0.3, 0.4) is 0 Å². The van der Waals surface area contributed by atoms with Gasteiger partial charge in [-0.3, -0.25) is 0 Å². The van der Waals surface area contributed by atoms with Crippen LogP contribution in [-0.4, -0.2) is 33.3 Å². The zero-order valence-corrected chi connectivity index (χ0v) is 14.0. The smallest absolute Gasteiger partial charge is 0.242 e. The first-order valence-corrected chi connectivity index (χ1v) is 9.28. The molecule has 0 bridgehead atoms. The second-order valence-corrected chi connectivity index (χ2v) is 7.50. The minimum absolute atomic E-state index is 0.0313. The highest BCUT2D eigenvalue weighted by Gasteiger charge is 2.21. The first kappa shape index (κ1) is 17.4. The van der Waals surface area contributed by atoms with E-state index in [0.717, 1.165) is 4.88 Å². The van der Waals surface area contributed by atoms with Gasteiger partial charge in [0.05, 0.1) is 18.2 Å². The van der Waals surface area contributed by atoms with Gasteiger partial charge in [-0.1, -0.05) is 29.8 Å². The zero-order chi connectivity index (χ0) is 16.0. The van der Waals surface area contributed by atoms with Crippen LogP contribution in [0, 0.1) is 0 Å². The van der Waals surface area contributed by atoms with Crippen molar-refractivity contribution < 1.29 is 18.3 Å². The number of aliphatic hydroxyl groups is 1. The molecule has 1 atom stereocenters. The summed E-state index contributed by atoms with van der Waals surface area (Å²) in [5.74, 6) is 0. The third kappa shape index (κ3) is 4.52. The predicted octanol–water partition coefficient (Wildman–Crippen LogP) is 2.43. The molecule has 2 aromatic rings. The van der Waals surface area contributed by atoms with E-state index >= 15 is 0 Å². The van der Waals surface area contributed by atoms with Crippen molar-refractivity contribution in [2.45, 2.75) is 11.0 Å². The molecule has 1 unspecified atom stereocenters. The molecule has 2 rings (SSSR count). The maximum atomic E-state index is 12.3. The van der Waals surface area contributed by atoms with Gasteiger partial charge in [0.1, 0.15) is 11.0 Å². The molecule has 0 aliphatic carbocycles. The predicted molar refractivity (Wildman–Crippen MR) is 86.7 cm³/mol. The lowest BCUT2D eigenvalue weighted by Gasteiger charge is -2.17. The van der Waals surface area contributed by atoms with E-state index in [1.807, 2.05) is 17.5 Å². The average Bonchev–Trinajstić information content (AvgIpc) is 3.02. The van der Waals surface area contributed by atoms with Crippen molar-refractivity contribution in [2.24, 2.45) is 0 Å². The van der Waals surface area contributed by atoms with Crippen molar-refractivity contribution in [1.82, 2.24) is 4.72 Å². The Hall–Kier alpha value is -0.960. The SMILES string of the molecule is O=S(=O)(NCC(OCCO)c1cccs1)c1ccccc1Cl. The number of rotatable bonds is 8. The van der Waals surface area contributed by atoms with Crippen molar-refractivity contribution >= 4 is 33.0 Å². The fourth-order valence-corrected chi connectivity index (χ4v) is 4.16. The van der Waals surface area contributed by atoms with E-state index in [0.29, 0.717) is 0 Å². The lowest BCUT2D eigenvalue weighted by molar-refractivity contribution is 0.0328. The minimum atomic E-state index is -3.72. The Morgan fingerprint density at radius 1 is 1.27 bits per heavy atom. The molecule has 0 aliphatic heterocycles. The van der Waals surface area contributed by atoms with E-state index in [1.165, 1.54) is 23.5 Å². The number of sulfonamides is 1. The summed E-state index contributed by atoms with van der Waals surface area (Å²) < 4.78 is 32.6. The maximum Gasteiger partial charge on any atom is 0.242 e. The van der Waals surface area contributed by atoms with Gasteiger partial charge in [-0.2, -0.15) is 0 Å². The van der Waals surface area contributed by atoms with E-state index in [-0.39, 0.29) is 29.7 Å². The van der Waals surface area contributed by atoms with Crippen molar-refractivity contribution in [3.63, 3.8) is 0 Å². The third-order valence-electron chi connectivity index (χ3n) is 2.86. The topological polar surface area (TPSA) is 75.6 Å². The number of hydrogen-bond donors (Lipinski definition) is 2. The second-order valence-electron chi connectivity index (χ2n) is 4.38. The highest BCUT2D eigenvalue weighted by atomic mass is 35.5. The molecule has 22 heavy (non-hydrogen) atoms. The van der Waals surface area contributed by atoms with Gasteiger partial charge < -0.3 is 9.84 Å². The molecule has 0 fully saturated rings. The molecule has 1 aromatic heterocycles. The van der Waals surface area contributed by atoms with Gasteiger partial charge >= 0.3 is 0 Å². The Bertz CT molecular complexity index is 689. The number of nitrogens with one attached hydrogen (secondary N) is 1. The summed E-state index contributed by atoms with van der Waals surface area (Å²) in [6.07, 6.45) is -0.454. The minimum Gasteiger partial charge on any atom is -0.394 e. The molecule has 0 saturated carbocycles. The van der Waals surface area contributed by atoms with E-state index < -0.39 is 16.1 Å². The number of ether oxygens (including phenoxy) is 1. The van der Waals surface area contributed by atoms with Crippen LogP contribution < -0.4 is 4.72 Å². The van der Waals surface area contributed by atoms with Crippen LogP contribution in [-0.2, 0) is 14.8 Å². The summed E-state index contributed by atoms with van der Waals surface area (Å²) in [5.41, 5.74) is 0. The molecule has 1 heterocycles.